The summed E-state index contributed by atoms with van der Waals surface area (Å²) in [4.78, 5) is 44.1. The third kappa shape index (κ3) is 2.28. The van der Waals surface area contributed by atoms with Gasteiger partial charge in [-0.2, -0.15) is 0 Å². The van der Waals surface area contributed by atoms with Crippen molar-refractivity contribution in [2.24, 2.45) is 7.05 Å². The molecule has 0 aliphatic heterocycles. The molecule has 0 bridgehead atoms. The zero-order valence-corrected chi connectivity index (χ0v) is 10.3. The molecule has 0 saturated heterocycles. The number of nitro groups is 1. The van der Waals surface area contributed by atoms with Crippen molar-refractivity contribution in [1.29, 1.82) is 0 Å². The molecule has 104 valence electrons. The Morgan fingerprint density at radius 1 is 1.40 bits per heavy atom. The van der Waals surface area contributed by atoms with Crippen molar-refractivity contribution in [3.05, 3.63) is 60.8 Å². The maximum Gasteiger partial charge on any atom is 0.350 e. The Labute approximate surface area is 110 Å². The molecule has 2 aromatic heterocycles. The van der Waals surface area contributed by atoms with Crippen LogP contribution in [0.4, 0.5) is 5.69 Å². The maximum absolute atomic E-state index is 11.9. The molecule has 2 heterocycles. The minimum Gasteiger partial charge on any atom is -0.456 e. The van der Waals surface area contributed by atoms with Gasteiger partial charge in [0.15, 0.2) is 12.0 Å². The highest BCUT2D eigenvalue weighted by Crippen LogP contribution is 2.07. The summed E-state index contributed by atoms with van der Waals surface area (Å²) in [6.45, 7) is -0.291. The summed E-state index contributed by atoms with van der Waals surface area (Å²) >= 11 is 0. The minimum atomic E-state index is -1.03. The molecule has 0 aromatic carbocycles. The molecule has 0 radical (unpaired) electrons. The summed E-state index contributed by atoms with van der Waals surface area (Å²) in [7, 11) is 1.30. The van der Waals surface area contributed by atoms with E-state index in [0.717, 1.165) is 10.8 Å². The van der Waals surface area contributed by atoms with E-state index in [1.807, 2.05) is 0 Å². The first kappa shape index (κ1) is 13.5. The Kier molecular flexibility index (Phi) is 3.34. The van der Waals surface area contributed by atoms with Crippen LogP contribution in [0.15, 0.2) is 32.3 Å². The van der Waals surface area contributed by atoms with Gasteiger partial charge in [0.25, 0.3) is 0 Å². The monoisotopic (exact) mass is 279 g/mol. The first-order valence-corrected chi connectivity index (χ1v) is 5.43. The summed E-state index contributed by atoms with van der Waals surface area (Å²) in [5.74, 6) is 0.210. The fraction of sp³-hybridized carbons (Fsp3) is 0.182. The van der Waals surface area contributed by atoms with E-state index in [-0.39, 0.29) is 18.1 Å². The van der Waals surface area contributed by atoms with Gasteiger partial charge in [0.05, 0.1) is 17.7 Å². The summed E-state index contributed by atoms with van der Waals surface area (Å²) in [5.41, 5.74) is -2.46. The van der Waals surface area contributed by atoms with Crippen molar-refractivity contribution >= 4 is 12.0 Å². The molecular weight excluding hydrogens is 270 g/mol. The van der Waals surface area contributed by atoms with E-state index in [2.05, 4.69) is 0 Å². The van der Waals surface area contributed by atoms with Gasteiger partial charge in [-0.05, 0) is 12.1 Å². The quantitative estimate of drug-likeness (QED) is 0.438. The number of aldehydes is 1. The molecule has 0 aliphatic rings. The third-order valence-corrected chi connectivity index (χ3v) is 2.62. The summed E-state index contributed by atoms with van der Waals surface area (Å²) in [6.07, 6.45) is 1.33. The molecule has 0 spiro atoms. The van der Waals surface area contributed by atoms with Gasteiger partial charge in [0.2, 0.25) is 0 Å². The van der Waals surface area contributed by atoms with Crippen LogP contribution in [-0.2, 0) is 13.6 Å². The van der Waals surface area contributed by atoms with Crippen molar-refractivity contribution < 1.29 is 14.1 Å². The van der Waals surface area contributed by atoms with E-state index in [9.17, 15) is 24.5 Å². The summed E-state index contributed by atoms with van der Waals surface area (Å²) < 4.78 is 6.65. The van der Waals surface area contributed by atoms with E-state index in [1.165, 1.54) is 19.2 Å². The largest absolute Gasteiger partial charge is 0.456 e. The Balaban J connectivity index is 2.56. The van der Waals surface area contributed by atoms with Gasteiger partial charge in [0, 0.05) is 7.05 Å². The van der Waals surface area contributed by atoms with Crippen molar-refractivity contribution in [2.75, 3.05) is 0 Å². The molecule has 20 heavy (non-hydrogen) atoms. The summed E-state index contributed by atoms with van der Waals surface area (Å²) in [5, 5.41) is 10.7. The lowest BCUT2D eigenvalue weighted by Gasteiger charge is -2.05. The first-order chi connectivity index (χ1) is 9.43. The molecule has 0 aliphatic carbocycles. The van der Waals surface area contributed by atoms with Crippen LogP contribution in [0.5, 0.6) is 0 Å². The second kappa shape index (κ2) is 4.96. The zero-order valence-electron chi connectivity index (χ0n) is 10.3. The Hall–Kier alpha value is -2.97. The van der Waals surface area contributed by atoms with Gasteiger partial charge in [0.1, 0.15) is 5.76 Å². The molecule has 2 aromatic rings. The van der Waals surface area contributed by atoms with Crippen molar-refractivity contribution in [2.45, 2.75) is 6.54 Å². The van der Waals surface area contributed by atoms with Crippen LogP contribution in [-0.4, -0.2) is 20.3 Å². The van der Waals surface area contributed by atoms with Gasteiger partial charge in [-0.3, -0.25) is 24.3 Å². The standard InChI is InChI=1S/C11H9N3O6/c1-12-5-9(14(18)19)10(16)13(11(12)17)4-7-2-3-8(6-15)20-7/h2-3,5-6H,4H2,1H3. The molecule has 9 nitrogen and oxygen atoms in total. The number of carbonyl (C=O) groups is 1. The predicted octanol–water partition coefficient (Wildman–Crippen LogP) is -0.0910. The Bertz CT molecular complexity index is 797. The first-order valence-electron chi connectivity index (χ1n) is 5.43. The number of hydrogen-bond donors (Lipinski definition) is 0. The highest BCUT2D eigenvalue weighted by atomic mass is 16.6. The fourth-order valence-corrected chi connectivity index (χ4v) is 1.67. The molecular formula is C11H9N3O6. The highest BCUT2D eigenvalue weighted by molar-refractivity contribution is 5.70. The van der Waals surface area contributed by atoms with Gasteiger partial charge < -0.3 is 4.42 Å². The Morgan fingerprint density at radius 3 is 2.65 bits per heavy atom. The summed E-state index contributed by atoms with van der Waals surface area (Å²) in [6, 6.07) is 2.78. The number of hydrogen-bond acceptors (Lipinski definition) is 6. The van der Waals surface area contributed by atoms with Crippen LogP contribution in [0.2, 0.25) is 0 Å². The normalized spacial score (nSPS) is 10.4. The number of rotatable bonds is 4. The Morgan fingerprint density at radius 2 is 2.10 bits per heavy atom. The molecule has 0 atom stereocenters. The molecule has 0 N–H and O–H groups in total. The molecule has 0 saturated carbocycles. The van der Waals surface area contributed by atoms with Crippen LogP contribution in [0.3, 0.4) is 0 Å². The third-order valence-electron chi connectivity index (χ3n) is 2.62. The van der Waals surface area contributed by atoms with Crippen LogP contribution in [0, 0.1) is 10.1 Å². The number of furan rings is 1. The number of nitrogens with zero attached hydrogens (tertiary/aromatic N) is 3. The van der Waals surface area contributed by atoms with Crippen molar-refractivity contribution in [1.82, 2.24) is 9.13 Å². The van der Waals surface area contributed by atoms with E-state index in [4.69, 9.17) is 4.42 Å². The number of carbonyl (C=O) groups excluding carboxylic acids is 1. The average molecular weight is 279 g/mol. The van der Waals surface area contributed by atoms with Crippen LogP contribution >= 0.6 is 0 Å². The number of aromatic nitrogens is 2. The maximum atomic E-state index is 11.9. The van der Waals surface area contributed by atoms with Gasteiger partial charge >= 0.3 is 16.9 Å². The lowest BCUT2D eigenvalue weighted by Crippen LogP contribution is -2.39. The smallest absolute Gasteiger partial charge is 0.350 e. The molecule has 0 fully saturated rings. The molecule has 9 heteroatoms. The van der Waals surface area contributed by atoms with Crippen LogP contribution < -0.4 is 11.2 Å². The zero-order chi connectivity index (χ0) is 14.9. The van der Waals surface area contributed by atoms with Crippen LogP contribution in [0.1, 0.15) is 16.3 Å². The molecule has 0 amide bonds. The molecule has 0 unspecified atom stereocenters. The van der Waals surface area contributed by atoms with Gasteiger partial charge in [-0.1, -0.05) is 0 Å². The van der Waals surface area contributed by atoms with E-state index >= 15 is 0 Å². The van der Waals surface area contributed by atoms with Gasteiger partial charge in [-0.15, -0.1) is 0 Å². The topological polar surface area (TPSA) is 117 Å². The number of aryl methyl sites for hydroxylation is 1. The lowest BCUT2D eigenvalue weighted by molar-refractivity contribution is -0.387. The van der Waals surface area contributed by atoms with E-state index < -0.39 is 21.9 Å². The van der Waals surface area contributed by atoms with E-state index in [0.29, 0.717) is 10.9 Å². The second-order valence-corrected chi connectivity index (χ2v) is 3.98. The average Bonchev–Trinajstić information content (AvgIpc) is 2.86. The highest BCUT2D eigenvalue weighted by Gasteiger charge is 2.19. The van der Waals surface area contributed by atoms with E-state index in [1.54, 1.807) is 0 Å². The lowest BCUT2D eigenvalue weighted by atomic mass is 10.4. The van der Waals surface area contributed by atoms with Gasteiger partial charge in [-0.25, -0.2) is 9.36 Å². The fourth-order valence-electron chi connectivity index (χ4n) is 1.67. The van der Waals surface area contributed by atoms with Crippen molar-refractivity contribution in [3.63, 3.8) is 0 Å². The molecule has 2 rings (SSSR count). The predicted molar refractivity (Wildman–Crippen MR) is 65.8 cm³/mol. The SMILES string of the molecule is Cn1cc([N+](=O)[O-])c(=O)n(Cc2ccc(C=O)o2)c1=O. The minimum absolute atomic E-state index is 0.0373. The van der Waals surface area contributed by atoms with Crippen molar-refractivity contribution in [3.8, 4) is 0 Å². The van der Waals surface area contributed by atoms with Crippen LogP contribution in [0.25, 0.3) is 0 Å². The second-order valence-electron chi connectivity index (χ2n) is 3.98.